The first kappa shape index (κ1) is 6.79. The Morgan fingerprint density at radius 2 is 2.45 bits per heavy atom. The smallest absolute Gasteiger partial charge is 0.210 e. The minimum Gasteiger partial charge on any atom is -0.368 e. The minimum absolute atomic E-state index is 0.0206. The highest BCUT2D eigenvalue weighted by molar-refractivity contribution is 5.89. The molecule has 0 spiro atoms. The fourth-order valence-corrected chi connectivity index (χ4v) is 1.75. The first-order valence-corrected chi connectivity index (χ1v) is 3.68. The van der Waals surface area contributed by atoms with Gasteiger partial charge < -0.3 is 9.64 Å². The molecule has 2 saturated heterocycles. The summed E-state index contributed by atoms with van der Waals surface area (Å²) in [6.45, 7) is 0.838. The van der Waals surface area contributed by atoms with Crippen molar-refractivity contribution in [1.82, 2.24) is 4.90 Å². The van der Waals surface area contributed by atoms with Gasteiger partial charge >= 0.3 is 0 Å². The van der Waals surface area contributed by atoms with E-state index in [2.05, 4.69) is 0 Å². The number of amides is 1. The summed E-state index contributed by atoms with van der Waals surface area (Å²) in [5, 5.41) is 0. The van der Waals surface area contributed by atoms with E-state index in [1.165, 1.54) is 4.90 Å². The monoisotopic (exact) mass is 155 g/mol. The van der Waals surface area contributed by atoms with Crippen molar-refractivity contribution in [1.29, 1.82) is 0 Å². The van der Waals surface area contributed by atoms with Crippen molar-refractivity contribution in [2.75, 3.05) is 13.2 Å². The molecule has 0 aromatic carbocycles. The van der Waals surface area contributed by atoms with Gasteiger partial charge in [-0.2, -0.15) is 0 Å². The molecule has 0 bridgehead atoms. The molecule has 4 heteroatoms. The van der Waals surface area contributed by atoms with E-state index in [9.17, 15) is 9.59 Å². The number of likely N-dealkylation sites (tertiary alicyclic amines) is 1. The van der Waals surface area contributed by atoms with Crippen molar-refractivity contribution in [3.05, 3.63) is 0 Å². The topological polar surface area (TPSA) is 46.6 Å². The van der Waals surface area contributed by atoms with Gasteiger partial charge in [-0.3, -0.25) is 9.59 Å². The van der Waals surface area contributed by atoms with Crippen molar-refractivity contribution < 1.29 is 14.3 Å². The second-order valence-corrected chi connectivity index (χ2v) is 2.89. The number of nitrogens with zero attached hydrogens (tertiary/aromatic N) is 1. The van der Waals surface area contributed by atoms with Crippen LogP contribution in [0.3, 0.4) is 0 Å². The summed E-state index contributed by atoms with van der Waals surface area (Å²) in [5.74, 6) is 0.0413. The van der Waals surface area contributed by atoms with Crippen LogP contribution < -0.4 is 0 Å². The molecule has 2 rings (SSSR count). The molecular weight excluding hydrogens is 146 g/mol. The Morgan fingerprint density at radius 1 is 1.64 bits per heavy atom. The highest BCUT2D eigenvalue weighted by Gasteiger charge is 2.44. The van der Waals surface area contributed by atoms with Crippen LogP contribution in [-0.2, 0) is 14.3 Å². The van der Waals surface area contributed by atoms with Crippen molar-refractivity contribution in [3.8, 4) is 0 Å². The Bertz CT molecular complexity index is 204. The second-order valence-electron chi connectivity index (χ2n) is 2.89. The fraction of sp³-hybridized carbons (Fsp3) is 0.714. The summed E-state index contributed by atoms with van der Waals surface area (Å²) in [6.07, 6.45) is 1.51. The third kappa shape index (κ3) is 0.860. The number of carbonyl (C=O) groups excluding carboxylic acids is 2. The quantitative estimate of drug-likeness (QED) is 0.465. The highest BCUT2D eigenvalue weighted by Crippen LogP contribution is 2.25. The lowest BCUT2D eigenvalue weighted by Gasteiger charge is -2.14. The van der Waals surface area contributed by atoms with Gasteiger partial charge in [0.2, 0.25) is 6.41 Å². The molecular formula is C7H9NO3. The Hall–Kier alpha value is -0.900. The zero-order chi connectivity index (χ0) is 7.84. The van der Waals surface area contributed by atoms with Gasteiger partial charge in [0.15, 0.2) is 5.78 Å². The Morgan fingerprint density at radius 3 is 3.18 bits per heavy atom. The standard InChI is InChI=1S/C7H9NO3/c9-4-8-2-1-6-7(8)5(10)3-11-6/h4,6-7H,1-3H2/t6-,7-/m1/s1. The molecule has 2 aliphatic rings. The molecule has 0 aromatic rings. The summed E-state index contributed by atoms with van der Waals surface area (Å²) >= 11 is 0. The van der Waals surface area contributed by atoms with Gasteiger partial charge in [-0.1, -0.05) is 0 Å². The van der Waals surface area contributed by atoms with Crippen LogP contribution in [0.25, 0.3) is 0 Å². The maximum atomic E-state index is 11.1. The zero-order valence-electron chi connectivity index (χ0n) is 6.03. The number of hydrogen-bond acceptors (Lipinski definition) is 3. The number of hydrogen-bond donors (Lipinski definition) is 0. The third-order valence-electron chi connectivity index (χ3n) is 2.29. The first-order chi connectivity index (χ1) is 5.33. The Balaban J connectivity index is 2.19. The van der Waals surface area contributed by atoms with E-state index < -0.39 is 0 Å². The summed E-state index contributed by atoms with van der Waals surface area (Å²) in [7, 11) is 0. The molecule has 0 aromatic heterocycles. The average Bonchev–Trinajstić information content (AvgIpc) is 2.54. The summed E-state index contributed by atoms with van der Waals surface area (Å²) in [4.78, 5) is 23.0. The van der Waals surface area contributed by atoms with E-state index in [0.29, 0.717) is 6.54 Å². The van der Waals surface area contributed by atoms with E-state index >= 15 is 0 Å². The Labute approximate surface area is 64.1 Å². The third-order valence-corrected chi connectivity index (χ3v) is 2.29. The van der Waals surface area contributed by atoms with Gasteiger partial charge in [-0.25, -0.2) is 0 Å². The number of ketones is 1. The van der Waals surface area contributed by atoms with Crippen LogP contribution in [0, 0.1) is 0 Å². The number of Topliss-reactive ketones (excluding diaryl/α,β-unsaturated/α-hetero) is 1. The second kappa shape index (κ2) is 2.30. The molecule has 0 radical (unpaired) electrons. The molecule has 0 N–H and O–H groups in total. The average molecular weight is 155 g/mol. The fourth-order valence-electron chi connectivity index (χ4n) is 1.75. The summed E-state index contributed by atoms with van der Waals surface area (Å²) in [6, 6.07) is -0.271. The van der Waals surface area contributed by atoms with Crippen molar-refractivity contribution >= 4 is 12.2 Å². The van der Waals surface area contributed by atoms with Gasteiger partial charge in [0.1, 0.15) is 12.6 Å². The normalized spacial score (nSPS) is 36.0. The van der Waals surface area contributed by atoms with E-state index in [4.69, 9.17) is 4.74 Å². The van der Waals surface area contributed by atoms with Crippen molar-refractivity contribution in [2.45, 2.75) is 18.6 Å². The molecule has 0 saturated carbocycles. The molecule has 2 atom stereocenters. The maximum Gasteiger partial charge on any atom is 0.210 e. The van der Waals surface area contributed by atoms with Crippen molar-refractivity contribution in [3.63, 3.8) is 0 Å². The summed E-state index contributed by atoms with van der Waals surface area (Å²) in [5.41, 5.74) is 0. The van der Waals surface area contributed by atoms with E-state index in [-0.39, 0.29) is 24.5 Å². The highest BCUT2D eigenvalue weighted by atomic mass is 16.5. The lowest BCUT2D eigenvalue weighted by Crippen LogP contribution is -2.36. The van der Waals surface area contributed by atoms with Crippen LogP contribution >= 0.6 is 0 Å². The molecule has 2 heterocycles. The van der Waals surface area contributed by atoms with Crippen molar-refractivity contribution in [2.24, 2.45) is 0 Å². The van der Waals surface area contributed by atoms with Gasteiger partial charge in [0, 0.05) is 6.54 Å². The SMILES string of the molecule is O=CN1CC[C@H]2OCC(=O)[C@H]21. The zero-order valence-corrected chi connectivity index (χ0v) is 6.03. The van der Waals surface area contributed by atoms with E-state index in [1.807, 2.05) is 0 Å². The number of fused-ring (bicyclic) bond motifs is 1. The van der Waals surface area contributed by atoms with Crippen LogP contribution in [0.2, 0.25) is 0 Å². The number of rotatable bonds is 1. The predicted octanol–water partition coefficient (Wildman–Crippen LogP) is -0.815. The lowest BCUT2D eigenvalue weighted by atomic mass is 10.1. The molecule has 0 unspecified atom stereocenters. The van der Waals surface area contributed by atoms with E-state index in [0.717, 1.165) is 12.8 Å². The largest absolute Gasteiger partial charge is 0.368 e. The predicted molar refractivity (Wildman–Crippen MR) is 35.9 cm³/mol. The number of ether oxygens (including phenoxy) is 1. The molecule has 0 aliphatic carbocycles. The molecule has 2 aliphatic heterocycles. The van der Waals surface area contributed by atoms with Crippen LogP contribution in [0.5, 0.6) is 0 Å². The van der Waals surface area contributed by atoms with Gasteiger partial charge in [0.05, 0.1) is 6.10 Å². The number of carbonyl (C=O) groups is 2. The minimum atomic E-state index is -0.271. The molecule has 1 amide bonds. The molecule has 4 nitrogen and oxygen atoms in total. The van der Waals surface area contributed by atoms with Gasteiger partial charge in [-0.05, 0) is 6.42 Å². The lowest BCUT2D eigenvalue weighted by molar-refractivity contribution is -0.127. The van der Waals surface area contributed by atoms with Crippen LogP contribution in [0.1, 0.15) is 6.42 Å². The first-order valence-electron chi connectivity index (χ1n) is 3.68. The van der Waals surface area contributed by atoms with E-state index in [1.54, 1.807) is 0 Å². The van der Waals surface area contributed by atoms with Crippen LogP contribution in [0.15, 0.2) is 0 Å². The van der Waals surface area contributed by atoms with Crippen LogP contribution in [0.4, 0.5) is 0 Å². The molecule has 60 valence electrons. The maximum absolute atomic E-state index is 11.1. The van der Waals surface area contributed by atoms with Gasteiger partial charge in [0.25, 0.3) is 0 Å². The Kier molecular flexibility index (Phi) is 1.42. The molecule has 11 heavy (non-hydrogen) atoms. The van der Waals surface area contributed by atoms with Gasteiger partial charge in [-0.15, -0.1) is 0 Å². The molecule has 2 fully saturated rings. The summed E-state index contributed by atoms with van der Waals surface area (Å²) < 4.78 is 5.17. The van der Waals surface area contributed by atoms with Crippen LogP contribution in [-0.4, -0.2) is 42.4 Å².